The number of rotatable bonds is 9. The SMILES string of the molecule is CCCNCc1cc(COCC(C)(C)N(C)C)c(C)s1. The van der Waals surface area contributed by atoms with Gasteiger partial charge in [0.25, 0.3) is 0 Å². The van der Waals surface area contributed by atoms with Gasteiger partial charge >= 0.3 is 0 Å². The molecule has 0 aliphatic heterocycles. The van der Waals surface area contributed by atoms with Crippen LogP contribution in [0.25, 0.3) is 0 Å². The number of nitrogens with one attached hydrogen (secondary N) is 1. The Hall–Kier alpha value is -0.420. The molecule has 1 rings (SSSR count). The summed E-state index contributed by atoms with van der Waals surface area (Å²) < 4.78 is 5.91. The van der Waals surface area contributed by atoms with E-state index in [1.807, 2.05) is 11.3 Å². The van der Waals surface area contributed by atoms with E-state index in [0.717, 1.165) is 19.7 Å². The van der Waals surface area contributed by atoms with Crippen molar-refractivity contribution in [3.8, 4) is 0 Å². The second-order valence-electron chi connectivity index (χ2n) is 6.17. The topological polar surface area (TPSA) is 24.5 Å². The van der Waals surface area contributed by atoms with Crippen LogP contribution in [0.15, 0.2) is 6.07 Å². The molecular weight excluding hydrogens is 268 g/mol. The predicted molar refractivity (Wildman–Crippen MR) is 88.5 cm³/mol. The normalized spacial score (nSPS) is 12.3. The molecule has 0 saturated heterocycles. The Balaban J connectivity index is 2.44. The van der Waals surface area contributed by atoms with Crippen LogP contribution in [0.2, 0.25) is 0 Å². The highest BCUT2D eigenvalue weighted by atomic mass is 32.1. The van der Waals surface area contributed by atoms with Gasteiger partial charge in [-0.3, -0.25) is 0 Å². The van der Waals surface area contributed by atoms with E-state index < -0.39 is 0 Å². The van der Waals surface area contributed by atoms with Gasteiger partial charge in [0, 0.05) is 21.8 Å². The van der Waals surface area contributed by atoms with Gasteiger partial charge < -0.3 is 15.0 Å². The number of hydrogen-bond acceptors (Lipinski definition) is 4. The van der Waals surface area contributed by atoms with E-state index in [-0.39, 0.29) is 5.54 Å². The summed E-state index contributed by atoms with van der Waals surface area (Å²) in [6.45, 7) is 12.3. The average Bonchev–Trinajstić information content (AvgIpc) is 2.70. The van der Waals surface area contributed by atoms with Crippen molar-refractivity contribution < 1.29 is 4.74 Å². The number of hydrogen-bond donors (Lipinski definition) is 1. The summed E-state index contributed by atoms with van der Waals surface area (Å²) >= 11 is 1.88. The van der Waals surface area contributed by atoms with Gasteiger partial charge in [-0.2, -0.15) is 0 Å². The lowest BCUT2D eigenvalue weighted by atomic mass is 10.1. The van der Waals surface area contributed by atoms with Crippen molar-refractivity contribution in [2.24, 2.45) is 0 Å². The van der Waals surface area contributed by atoms with E-state index >= 15 is 0 Å². The van der Waals surface area contributed by atoms with Gasteiger partial charge in [0.15, 0.2) is 0 Å². The molecule has 0 radical (unpaired) electrons. The summed E-state index contributed by atoms with van der Waals surface area (Å²) in [4.78, 5) is 4.98. The fourth-order valence-corrected chi connectivity index (χ4v) is 2.76. The molecule has 116 valence electrons. The number of aryl methyl sites for hydroxylation is 1. The first-order chi connectivity index (χ1) is 9.36. The second-order valence-corrected chi connectivity index (χ2v) is 7.51. The van der Waals surface area contributed by atoms with Gasteiger partial charge in [0.2, 0.25) is 0 Å². The minimum absolute atomic E-state index is 0.0788. The van der Waals surface area contributed by atoms with E-state index in [1.165, 1.54) is 21.7 Å². The van der Waals surface area contributed by atoms with E-state index in [9.17, 15) is 0 Å². The Morgan fingerprint density at radius 2 is 2.05 bits per heavy atom. The highest BCUT2D eigenvalue weighted by Crippen LogP contribution is 2.23. The quantitative estimate of drug-likeness (QED) is 0.707. The Kier molecular flexibility index (Phi) is 7.17. The summed E-state index contributed by atoms with van der Waals surface area (Å²) in [6, 6.07) is 2.28. The first-order valence-corrected chi connectivity index (χ1v) is 8.22. The number of thiophene rings is 1. The first kappa shape index (κ1) is 17.6. The molecule has 0 aromatic carbocycles. The van der Waals surface area contributed by atoms with Crippen LogP contribution in [-0.2, 0) is 17.9 Å². The zero-order valence-corrected chi connectivity index (χ0v) is 14.7. The van der Waals surface area contributed by atoms with Gasteiger partial charge in [-0.25, -0.2) is 0 Å². The third-order valence-electron chi connectivity index (χ3n) is 3.72. The van der Waals surface area contributed by atoms with E-state index in [1.54, 1.807) is 0 Å². The molecule has 0 aliphatic rings. The van der Waals surface area contributed by atoms with Crippen LogP contribution in [0, 0.1) is 6.92 Å². The molecule has 0 fully saturated rings. The molecule has 0 aliphatic carbocycles. The molecule has 20 heavy (non-hydrogen) atoms. The molecule has 1 heterocycles. The molecule has 1 aromatic rings. The molecule has 0 bridgehead atoms. The van der Waals surface area contributed by atoms with Crippen LogP contribution in [0.4, 0.5) is 0 Å². The van der Waals surface area contributed by atoms with Gasteiger partial charge in [0.1, 0.15) is 0 Å². The van der Waals surface area contributed by atoms with Crippen molar-refractivity contribution >= 4 is 11.3 Å². The minimum Gasteiger partial charge on any atom is -0.375 e. The molecule has 1 N–H and O–H groups in total. The van der Waals surface area contributed by atoms with Crippen LogP contribution in [0.5, 0.6) is 0 Å². The van der Waals surface area contributed by atoms with Gasteiger partial charge in [0.05, 0.1) is 13.2 Å². The summed E-state index contributed by atoms with van der Waals surface area (Å²) in [5.74, 6) is 0. The fourth-order valence-electron chi connectivity index (χ4n) is 1.75. The zero-order chi connectivity index (χ0) is 15.2. The van der Waals surface area contributed by atoms with Crippen molar-refractivity contribution in [2.75, 3.05) is 27.2 Å². The Morgan fingerprint density at radius 1 is 1.35 bits per heavy atom. The van der Waals surface area contributed by atoms with Crippen LogP contribution >= 0.6 is 11.3 Å². The number of ether oxygens (including phenoxy) is 1. The number of nitrogens with zero attached hydrogens (tertiary/aromatic N) is 1. The molecule has 0 saturated carbocycles. The predicted octanol–water partition coefficient (Wildman–Crippen LogP) is 3.41. The highest BCUT2D eigenvalue weighted by Gasteiger charge is 2.20. The third-order valence-corrected chi connectivity index (χ3v) is 4.81. The highest BCUT2D eigenvalue weighted by molar-refractivity contribution is 7.12. The van der Waals surface area contributed by atoms with E-state index in [2.05, 4.69) is 58.1 Å². The summed E-state index contributed by atoms with van der Waals surface area (Å²) in [5, 5.41) is 3.45. The molecule has 0 amide bonds. The van der Waals surface area contributed by atoms with E-state index in [4.69, 9.17) is 4.74 Å². The largest absolute Gasteiger partial charge is 0.375 e. The van der Waals surface area contributed by atoms with Crippen molar-refractivity contribution in [3.63, 3.8) is 0 Å². The standard InChI is InChI=1S/C16H30N2OS/c1-7-8-17-10-15-9-14(13(2)20-15)11-19-12-16(3,4)18(5)6/h9,17H,7-8,10-12H2,1-6H3. The smallest absolute Gasteiger partial charge is 0.0728 e. The Labute approximate surface area is 128 Å². The number of likely N-dealkylation sites (N-methyl/N-ethyl adjacent to an activating group) is 1. The molecule has 0 atom stereocenters. The third kappa shape index (κ3) is 5.52. The van der Waals surface area contributed by atoms with Crippen molar-refractivity contribution in [1.29, 1.82) is 0 Å². The van der Waals surface area contributed by atoms with Gasteiger partial charge in [-0.05, 0) is 59.5 Å². The molecule has 0 spiro atoms. The molecule has 0 unspecified atom stereocenters. The Morgan fingerprint density at radius 3 is 2.65 bits per heavy atom. The maximum Gasteiger partial charge on any atom is 0.0728 e. The lowest BCUT2D eigenvalue weighted by Crippen LogP contribution is -2.42. The summed E-state index contributed by atoms with van der Waals surface area (Å²) in [5.41, 5.74) is 1.41. The van der Waals surface area contributed by atoms with Crippen LogP contribution in [0.1, 0.15) is 42.5 Å². The second kappa shape index (κ2) is 8.13. The van der Waals surface area contributed by atoms with Crippen LogP contribution in [-0.4, -0.2) is 37.7 Å². The molecule has 3 nitrogen and oxygen atoms in total. The minimum atomic E-state index is 0.0788. The monoisotopic (exact) mass is 298 g/mol. The molecule has 1 aromatic heterocycles. The molecular formula is C16H30N2OS. The van der Waals surface area contributed by atoms with Crippen molar-refractivity contribution in [2.45, 2.75) is 52.8 Å². The van der Waals surface area contributed by atoms with Crippen LogP contribution < -0.4 is 5.32 Å². The lowest BCUT2D eigenvalue weighted by Gasteiger charge is -2.32. The van der Waals surface area contributed by atoms with Crippen LogP contribution in [0.3, 0.4) is 0 Å². The maximum absolute atomic E-state index is 5.91. The molecule has 4 heteroatoms. The zero-order valence-electron chi connectivity index (χ0n) is 13.9. The van der Waals surface area contributed by atoms with Gasteiger partial charge in [-0.15, -0.1) is 11.3 Å². The Bertz CT molecular complexity index is 399. The first-order valence-electron chi connectivity index (χ1n) is 7.41. The lowest BCUT2D eigenvalue weighted by molar-refractivity contribution is 0.0274. The van der Waals surface area contributed by atoms with E-state index in [0.29, 0.717) is 6.61 Å². The van der Waals surface area contributed by atoms with Crippen molar-refractivity contribution in [3.05, 3.63) is 21.4 Å². The summed E-state index contributed by atoms with van der Waals surface area (Å²) in [6.07, 6.45) is 1.18. The summed E-state index contributed by atoms with van der Waals surface area (Å²) in [7, 11) is 4.19. The van der Waals surface area contributed by atoms with Gasteiger partial charge in [-0.1, -0.05) is 6.92 Å². The fraction of sp³-hybridized carbons (Fsp3) is 0.750. The maximum atomic E-state index is 5.91. The van der Waals surface area contributed by atoms with Crippen molar-refractivity contribution in [1.82, 2.24) is 10.2 Å². The average molecular weight is 298 g/mol.